The van der Waals surface area contributed by atoms with Crippen molar-refractivity contribution in [2.45, 2.75) is 56.8 Å². The number of hydrogen-bond donors (Lipinski definition) is 8. The highest BCUT2D eigenvalue weighted by Crippen LogP contribution is 2.66. The predicted octanol–water partition coefficient (Wildman–Crippen LogP) is -1.68. The maximum absolute atomic E-state index is 12.4. The van der Waals surface area contributed by atoms with Gasteiger partial charge in [-0.2, -0.15) is 13.6 Å². The number of aromatic nitrogens is 2. The number of esters is 1. The molecule has 2 rings (SSSR count). The molecule has 0 saturated carbocycles. The van der Waals surface area contributed by atoms with Crippen molar-refractivity contribution in [3.05, 3.63) is 22.2 Å². The number of hydrogen-bond acceptors (Lipinski definition) is 15. The van der Waals surface area contributed by atoms with Crippen molar-refractivity contribution in [3.63, 3.8) is 0 Å². The fraction of sp³-hybridized carbons (Fsp3) is 0.688. The Labute approximate surface area is 220 Å². The lowest BCUT2D eigenvalue weighted by Gasteiger charge is -2.19. The molecule has 0 bridgehead atoms. The largest absolute Gasteiger partial charge is 0.490 e. The van der Waals surface area contributed by atoms with E-state index in [4.69, 9.17) is 36.5 Å². The van der Waals surface area contributed by atoms with Crippen molar-refractivity contribution >= 4 is 35.3 Å². The number of phosphoric ester groups is 1. The number of phosphoric acid groups is 3. The average molecular weight is 625 g/mol. The van der Waals surface area contributed by atoms with Crippen molar-refractivity contribution in [1.82, 2.24) is 9.55 Å². The van der Waals surface area contributed by atoms with E-state index in [-0.39, 0.29) is 17.8 Å². The zero-order valence-electron chi connectivity index (χ0n) is 20.1. The number of carbonyl (C=O) groups is 1. The van der Waals surface area contributed by atoms with Crippen molar-refractivity contribution < 1.29 is 65.8 Å². The second-order valence-electron chi connectivity index (χ2n) is 8.16. The molecule has 0 radical (unpaired) electrons. The van der Waals surface area contributed by atoms with Gasteiger partial charge in [0.2, 0.25) is 0 Å². The van der Waals surface area contributed by atoms with Crippen LogP contribution in [0.2, 0.25) is 0 Å². The third kappa shape index (κ3) is 11.1. The van der Waals surface area contributed by atoms with Crippen molar-refractivity contribution in [1.29, 1.82) is 0 Å². The molecule has 1 aliphatic rings. The molecule has 1 saturated heterocycles. The van der Waals surface area contributed by atoms with Crippen LogP contribution in [0.25, 0.3) is 0 Å². The number of carbonyl (C=O) groups excluding carboxylic acids is 1. The number of aliphatic hydroxyl groups excluding tert-OH is 1. The van der Waals surface area contributed by atoms with Crippen LogP contribution in [0.3, 0.4) is 0 Å². The molecule has 1 aromatic heterocycles. The smallest absolute Gasteiger partial charge is 0.459 e. The molecule has 23 heteroatoms. The Balaban J connectivity index is 2.02. The first-order valence-electron chi connectivity index (χ1n) is 11.0. The number of aliphatic hydroxyl groups is 1. The monoisotopic (exact) mass is 625 g/mol. The van der Waals surface area contributed by atoms with Crippen LogP contribution in [0.15, 0.2) is 11.0 Å². The van der Waals surface area contributed by atoms with Gasteiger partial charge in [-0.1, -0.05) is 6.42 Å². The molecular formula is C16H30N5O15P3. The first-order valence-corrected chi connectivity index (χ1v) is 15.6. The van der Waals surface area contributed by atoms with Gasteiger partial charge in [-0.25, -0.2) is 18.5 Å². The predicted molar refractivity (Wildman–Crippen MR) is 128 cm³/mol. The SMILES string of the molecule is NCCCCC(N)C(=O)OCc1cn([C@H]2CC(O)[C@@H](COP(=O)(O)OP(=O)(O)OP(=O)(O)O)O2)c(=O)nc1N. The summed E-state index contributed by atoms with van der Waals surface area (Å²) < 4.78 is 57.1. The number of unbranched alkanes of at least 4 members (excludes halogenated alkanes) is 1. The second-order valence-corrected chi connectivity index (χ2v) is 12.6. The van der Waals surface area contributed by atoms with Gasteiger partial charge in [-0.3, -0.25) is 13.9 Å². The summed E-state index contributed by atoms with van der Waals surface area (Å²) >= 11 is 0. The maximum atomic E-state index is 12.4. The summed E-state index contributed by atoms with van der Waals surface area (Å²) in [6.45, 7) is -0.888. The minimum Gasteiger partial charge on any atom is -0.459 e. The van der Waals surface area contributed by atoms with Gasteiger partial charge < -0.3 is 51.4 Å². The Morgan fingerprint density at radius 2 is 1.85 bits per heavy atom. The van der Waals surface area contributed by atoms with Gasteiger partial charge in [0.1, 0.15) is 30.8 Å². The van der Waals surface area contributed by atoms with E-state index in [1.165, 1.54) is 6.20 Å². The van der Waals surface area contributed by atoms with Crippen molar-refractivity contribution in [3.8, 4) is 0 Å². The zero-order valence-corrected chi connectivity index (χ0v) is 22.8. The van der Waals surface area contributed by atoms with E-state index < -0.39 is 72.8 Å². The summed E-state index contributed by atoms with van der Waals surface area (Å²) in [5.41, 5.74) is 16.1. The molecule has 1 aromatic rings. The van der Waals surface area contributed by atoms with Crippen LogP contribution in [-0.4, -0.2) is 71.6 Å². The van der Waals surface area contributed by atoms with E-state index in [0.717, 1.165) is 4.57 Å². The molecule has 20 nitrogen and oxygen atoms in total. The van der Waals surface area contributed by atoms with Gasteiger partial charge in [-0.15, -0.1) is 0 Å². The summed E-state index contributed by atoms with van der Waals surface area (Å²) in [7, 11) is -16.8. The summed E-state index contributed by atoms with van der Waals surface area (Å²) in [6.07, 6.45) is -1.45. The zero-order chi connectivity index (χ0) is 29.6. The van der Waals surface area contributed by atoms with E-state index in [1.807, 2.05) is 0 Å². The Morgan fingerprint density at radius 3 is 2.46 bits per heavy atom. The molecule has 39 heavy (non-hydrogen) atoms. The number of rotatable bonds is 15. The minimum absolute atomic E-state index is 0.104. The van der Waals surface area contributed by atoms with Gasteiger partial charge in [0, 0.05) is 18.2 Å². The Bertz CT molecular complexity index is 1210. The lowest BCUT2D eigenvalue weighted by atomic mass is 10.1. The molecular weight excluding hydrogens is 595 g/mol. The third-order valence-corrected chi connectivity index (χ3v) is 8.84. The molecule has 0 spiro atoms. The van der Waals surface area contributed by atoms with E-state index in [9.17, 15) is 38.2 Å². The standard InChI is InChI=1S/C16H30N5O15P3/c17-4-2-1-3-10(18)15(23)32-7-9-6-21(16(24)20-14(9)19)13-5-11(22)12(34-13)8-33-38(28,29)36-39(30,31)35-37(25,26)27/h6,10-13,22H,1-5,7-8,17-18H2,(H,28,29)(H,30,31)(H2,19,20,24)(H2,25,26,27)/t10?,11?,12-,13-/m1/s1. The lowest BCUT2D eigenvalue weighted by Crippen LogP contribution is -2.33. The molecule has 0 amide bonds. The van der Waals surface area contributed by atoms with Gasteiger partial charge >= 0.3 is 35.1 Å². The average Bonchev–Trinajstić information content (AvgIpc) is 3.14. The molecule has 224 valence electrons. The number of ether oxygens (including phenoxy) is 2. The molecule has 11 N–H and O–H groups in total. The van der Waals surface area contributed by atoms with Crippen LogP contribution in [0, 0.1) is 0 Å². The highest BCUT2D eigenvalue weighted by Gasteiger charge is 2.43. The first-order chi connectivity index (χ1) is 17.9. The number of anilines is 1. The number of nitrogens with two attached hydrogens (primary N) is 3. The van der Waals surface area contributed by atoms with Crippen LogP contribution in [-0.2, 0) is 47.7 Å². The van der Waals surface area contributed by atoms with Crippen molar-refractivity contribution in [2.75, 3.05) is 18.9 Å². The number of nitrogens with zero attached hydrogens (tertiary/aromatic N) is 2. The first kappa shape index (κ1) is 33.6. The summed E-state index contributed by atoms with van der Waals surface area (Å²) in [6, 6.07) is -0.903. The molecule has 2 heterocycles. The second kappa shape index (κ2) is 13.8. The minimum atomic E-state index is -5.74. The van der Waals surface area contributed by atoms with Crippen LogP contribution in [0.4, 0.5) is 5.82 Å². The normalized spacial score (nSPS) is 23.6. The Kier molecular flexibility index (Phi) is 11.9. The van der Waals surface area contributed by atoms with Crippen LogP contribution in [0.5, 0.6) is 0 Å². The maximum Gasteiger partial charge on any atom is 0.490 e. The van der Waals surface area contributed by atoms with Crippen LogP contribution in [0.1, 0.15) is 37.5 Å². The van der Waals surface area contributed by atoms with E-state index >= 15 is 0 Å². The number of nitrogen functional groups attached to an aromatic ring is 1. The molecule has 4 unspecified atom stereocenters. The third-order valence-electron chi connectivity index (χ3n) is 5.04. The highest BCUT2D eigenvalue weighted by atomic mass is 31.3. The van der Waals surface area contributed by atoms with Gasteiger partial charge in [-0.05, 0) is 19.4 Å². The summed E-state index contributed by atoms with van der Waals surface area (Å²) in [5.74, 6) is -0.966. The topological polar surface area (TPSA) is 329 Å². The van der Waals surface area contributed by atoms with E-state index in [1.54, 1.807) is 0 Å². The van der Waals surface area contributed by atoms with Gasteiger partial charge in [0.05, 0.1) is 12.7 Å². The highest BCUT2D eigenvalue weighted by molar-refractivity contribution is 7.66. The quantitative estimate of drug-likeness (QED) is 0.0612. The Hall–Kier alpha value is -1.60. The molecule has 1 aliphatic heterocycles. The van der Waals surface area contributed by atoms with Crippen LogP contribution < -0.4 is 22.9 Å². The fourth-order valence-corrected chi connectivity index (χ4v) is 6.26. The lowest BCUT2D eigenvalue weighted by molar-refractivity contribution is -0.146. The van der Waals surface area contributed by atoms with Crippen molar-refractivity contribution in [2.24, 2.45) is 11.5 Å². The van der Waals surface area contributed by atoms with E-state index in [2.05, 4.69) is 18.1 Å². The van der Waals surface area contributed by atoms with Gasteiger partial charge in [0.15, 0.2) is 0 Å². The molecule has 0 aromatic carbocycles. The summed E-state index contributed by atoms with van der Waals surface area (Å²) in [5, 5.41) is 10.2. The summed E-state index contributed by atoms with van der Waals surface area (Å²) in [4.78, 5) is 63.9. The van der Waals surface area contributed by atoms with Crippen LogP contribution >= 0.6 is 23.5 Å². The molecule has 0 aliphatic carbocycles. The van der Waals surface area contributed by atoms with Gasteiger partial charge in [0.25, 0.3) is 0 Å². The molecule has 1 fully saturated rings. The fourth-order valence-electron chi connectivity index (χ4n) is 3.23. The van der Waals surface area contributed by atoms with E-state index in [0.29, 0.717) is 25.8 Å². The molecule has 6 atom stereocenters. The Morgan fingerprint density at radius 1 is 1.18 bits per heavy atom.